The third kappa shape index (κ3) is 2.22. The zero-order chi connectivity index (χ0) is 11.5. The molecule has 0 saturated carbocycles. The summed E-state index contributed by atoms with van der Waals surface area (Å²) in [6.07, 6.45) is 0. The average Bonchev–Trinajstić information content (AvgIpc) is 2.30. The molecule has 16 heavy (non-hydrogen) atoms. The van der Waals surface area contributed by atoms with Gasteiger partial charge in [-0.05, 0) is 24.1 Å². The van der Waals surface area contributed by atoms with E-state index < -0.39 is 0 Å². The van der Waals surface area contributed by atoms with E-state index in [1.807, 2.05) is 48.5 Å². The Bertz CT molecular complexity index is 515. The Morgan fingerprint density at radius 2 is 1.62 bits per heavy atom. The van der Waals surface area contributed by atoms with Crippen molar-refractivity contribution in [1.29, 1.82) is 0 Å². The Hall–Kier alpha value is -1.41. The van der Waals surface area contributed by atoms with Crippen molar-refractivity contribution in [1.82, 2.24) is 0 Å². The summed E-state index contributed by atoms with van der Waals surface area (Å²) in [6.45, 7) is 1.58. The molecule has 0 radical (unpaired) electrons. The van der Waals surface area contributed by atoms with Gasteiger partial charge in [0.2, 0.25) is 0 Å². The maximum Gasteiger partial charge on any atom is 0.159 e. The van der Waals surface area contributed by atoms with Crippen LogP contribution in [0.15, 0.2) is 53.0 Å². The number of hydrogen-bond acceptors (Lipinski definition) is 1. The molecule has 0 aromatic heterocycles. The van der Waals surface area contributed by atoms with Crippen LogP contribution in [-0.4, -0.2) is 5.78 Å². The quantitative estimate of drug-likeness (QED) is 0.746. The molecule has 0 aliphatic heterocycles. The standard InChI is InChI=1S/C14H11BrO/c1-10(16)11-6-8-12(9-7-11)13-4-2-3-5-14(13)15/h2-9H,1H3. The van der Waals surface area contributed by atoms with Gasteiger partial charge in [0.05, 0.1) is 0 Å². The molecule has 0 spiro atoms. The zero-order valence-corrected chi connectivity index (χ0v) is 10.5. The molecule has 80 valence electrons. The first-order valence-corrected chi connectivity index (χ1v) is 5.83. The smallest absolute Gasteiger partial charge is 0.159 e. The van der Waals surface area contributed by atoms with E-state index in [2.05, 4.69) is 15.9 Å². The third-order valence-corrected chi connectivity index (χ3v) is 3.17. The van der Waals surface area contributed by atoms with E-state index in [0.29, 0.717) is 0 Å². The predicted octanol–water partition coefficient (Wildman–Crippen LogP) is 4.32. The monoisotopic (exact) mass is 274 g/mol. The van der Waals surface area contributed by atoms with Crippen LogP contribution in [-0.2, 0) is 0 Å². The first kappa shape index (κ1) is 11.1. The van der Waals surface area contributed by atoms with Gasteiger partial charge in [-0.15, -0.1) is 0 Å². The average molecular weight is 275 g/mol. The minimum absolute atomic E-state index is 0.0960. The molecule has 2 rings (SSSR count). The lowest BCUT2D eigenvalue weighted by Crippen LogP contribution is -1.90. The van der Waals surface area contributed by atoms with Crippen LogP contribution in [0.1, 0.15) is 17.3 Å². The topological polar surface area (TPSA) is 17.1 Å². The zero-order valence-electron chi connectivity index (χ0n) is 8.91. The SMILES string of the molecule is CC(=O)c1ccc(-c2ccccc2Br)cc1. The number of benzene rings is 2. The summed E-state index contributed by atoms with van der Waals surface area (Å²) in [5.41, 5.74) is 2.99. The van der Waals surface area contributed by atoms with E-state index in [-0.39, 0.29) is 5.78 Å². The fourth-order valence-electron chi connectivity index (χ4n) is 1.58. The maximum atomic E-state index is 11.2. The van der Waals surface area contributed by atoms with E-state index in [4.69, 9.17) is 0 Å². The molecule has 0 N–H and O–H groups in total. The molecule has 0 atom stereocenters. The molecule has 0 aliphatic carbocycles. The Labute approximate surface area is 103 Å². The summed E-state index contributed by atoms with van der Waals surface area (Å²) >= 11 is 3.51. The van der Waals surface area contributed by atoms with Crippen molar-refractivity contribution in [3.8, 4) is 11.1 Å². The van der Waals surface area contributed by atoms with Gasteiger partial charge < -0.3 is 0 Å². The van der Waals surface area contributed by atoms with Gasteiger partial charge >= 0.3 is 0 Å². The van der Waals surface area contributed by atoms with Crippen molar-refractivity contribution in [2.24, 2.45) is 0 Å². The van der Waals surface area contributed by atoms with Gasteiger partial charge in [0, 0.05) is 10.0 Å². The third-order valence-electron chi connectivity index (χ3n) is 2.48. The molecule has 2 aromatic carbocycles. The Balaban J connectivity index is 2.43. The number of ketones is 1. The lowest BCUT2D eigenvalue weighted by atomic mass is 10.0. The van der Waals surface area contributed by atoms with E-state index >= 15 is 0 Å². The molecule has 0 fully saturated rings. The highest BCUT2D eigenvalue weighted by atomic mass is 79.9. The Kier molecular flexibility index (Phi) is 3.20. The van der Waals surface area contributed by atoms with Gasteiger partial charge in [-0.1, -0.05) is 58.4 Å². The van der Waals surface area contributed by atoms with Gasteiger partial charge in [0.25, 0.3) is 0 Å². The lowest BCUT2D eigenvalue weighted by molar-refractivity contribution is 0.101. The minimum atomic E-state index is 0.0960. The van der Waals surface area contributed by atoms with Crippen molar-refractivity contribution in [2.75, 3.05) is 0 Å². The molecule has 0 bridgehead atoms. The molecule has 0 aliphatic rings. The van der Waals surface area contributed by atoms with Crippen LogP contribution in [0.3, 0.4) is 0 Å². The second-order valence-corrected chi connectivity index (χ2v) is 4.47. The van der Waals surface area contributed by atoms with Crippen LogP contribution >= 0.6 is 15.9 Å². The number of Topliss-reactive ketones (excluding diaryl/α,β-unsaturated/α-hetero) is 1. The highest BCUT2D eigenvalue weighted by Gasteiger charge is 2.03. The van der Waals surface area contributed by atoms with E-state index in [0.717, 1.165) is 21.2 Å². The molecule has 1 nitrogen and oxygen atoms in total. The Morgan fingerprint density at radius 1 is 1.00 bits per heavy atom. The van der Waals surface area contributed by atoms with Gasteiger partial charge in [0.1, 0.15) is 0 Å². The molecule has 2 aromatic rings. The van der Waals surface area contributed by atoms with Crippen molar-refractivity contribution >= 4 is 21.7 Å². The van der Waals surface area contributed by atoms with Crippen molar-refractivity contribution in [2.45, 2.75) is 6.92 Å². The van der Waals surface area contributed by atoms with Gasteiger partial charge in [-0.25, -0.2) is 0 Å². The molecule has 0 saturated heterocycles. The van der Waals surface area contributed by atoms with Gasteiger partial charge in [-0.3, -0.25) is 4.79 Å². The summed E-state index contributed by atoms with van der Waals surface area (Å²) in [5.74, 6) is 0.0960. The number of hydrogen-bond donors (Lipinski definition) is 0. The molecule has 0 heterocycles. The molecule has 0 unspecified atom stereocenters. The van der Waals surface area contributed by atoms with E-state index in [9.17, 15) is 4.79 Å². The highest BCUT2D eigenvalue weighted by molar-refractivity contribution is 9.10. The summed E-state index contributed by atoms with van der Waals surface area (Å²) in [6, 6.07) is 15.7. The van der Waals surface area contributed by atoms with Crippen molar-refractivity contribution in [3.63, 3.8) is 0 Å². The van der Waals surface area contributed by atoms with Crippen molar-refractivity contribution in [3.05, 3.63) is 58.6 Å². The van der Waals surface area contributed by atoms with Crippen molar-refractivity contribution < 1.29 is 4.79 Å². The summed E-state index contributed by atoms with van der Waals surface area (Å²) in [4.78, 5) is 11.2. The fourth-order valence-corrected chi connectivity index (χ4v) is 2.09. The summed E-state index contributed by atoms with van der Waals surface area (Å²) < 4.78 is 1.06. The van der Waals surface area contributed by atoms with Crippen LogP contribution < -0.4 is 0 Å². The first-order valence-electron chi connectivity index (χ1n) is 5.04. The van der Waals surface area contributed by atoms with Crippen LogP contribution in [0.25, 0.3) is 11.1 Å². The number of halogens is 1. The maximum absolute atomic E-state index is 11.2. The summed E-state index contributed by atoms with van der Waals surface area (Å²) in [7, 11) is 0. The minimum Gasteiger partial charge on any atom is -0.295 e. The Morgan fingerprint density at radius 3 is 2.19 bits per heavy atom. The fraction of sp³-hybridized carbons (Fsp3) is 0.0714. The number of rotatable bonds is 2. The number of carbonyl (C=O) groups excluding carboxylic acids is 1. The number of carbonyl (C=O) groups is 1. The van der Waals surface area contributed by atoms with E-state index in [1.54, 1.807) is 6.92 Å². The lowest BCUT2D eigenvalue weighted by Gasteiger charge is -2.04. The van der Waals surface area contributed by atoms with Crippen LogP contribution in [0.4, 0.5) is 0 Å². The molecular weight excluding hydrogens is 264 g/mol. The van der Waals surface area contributed by atoms with Crippen LogP contribution in [0.2, 0.25) is 0 Å². The van der Waals surface area contributed by atoms with Crippen LogP contribution in [0.5, 0.6) is 0 Å². The molecule has 0 amide bonds. The first-order chi connectivity index (χ1) is 7.68. The summed E-state index contributed by atoms with van der Waals surface area (Å²) in [5, 5.41) is 0. The van der Waals surface area contributed by atoms with Gasteiger partial charge in [0.15, 0.2) is 5.78 Å². The molecular formula is C14H11BrO. The second kappa shape index (κ2) is 4.62. The van der Waals surface area contributed by atoms with Gasteiger partial charge in [-0.2, -0.15) is 0 Å². The van der Waals surface area contributed by atoms with Crippen LogP contribution in [0, 0.1) is 0 Å². The van der Waals surface area contributed by atoms with E-state index in [1.165, 1.54) is 0 Å². The largest absolute Gasteiger partial charge is 0.295 e. The second-order valence-electron chi connectivity index (χ2n) is 3.61. The predicted molar refractivity (Wildman–Crippen MR) is 69.6 cm³/mol. The highest BCUT2D eigenvalue weighted by Crippen LogP contribution is 2.27. The molecule has 2 heteroatoms. The normalized spacial score (nSPS) is 10.1.